The van der Waals surface area contributed by atoms with Crippen molar-refractivity contribution in [3.8, 4) is 0 Å². The molecule has 0 spiro atoms. The van der Waals surface area contributed by atoms with Crippen LogP contribution in [0.3, 0.4) is 0 Å². The molecule has 0 aromatic heterocycles. The Kier molecular flexibility index (Phi) is 5.06. The van der Waals surface area contributed by atoms with Gasteiger partial charge in [0.05, 0.1) is 0 Å². The Labute approximate surface area is 67.3 Å². The smallest absolute Gasteiger partial charge is 0.265 e. The number of carbonyl (C=O) groups excluding carboxylic acids is 1. The minimum absolute atomic E-state index is 0.296. The van der Waals surface area contributed by atoms with Crippen molar-refractivity contribution in [1.82, 2.24) is 5.32 Å². The zero-order valence-corrected chi connectivity index (χ0v) is 6.31. The zero-order valence-electron chi connectivity index (χ0n) is 5.56. The fourth-order valence-electron chi connectivity index (χ4n) is 0.355. The third-order valence-electron chi connectivity index (χ3n) is 0.921. The maximum absolute atomic E-state index is 11.5. The molecule has 1 atom stereocenters. The number of halogens is 3. The number of carbonyl (C=O) groups is 1. The predicted octanol–water partition coefficient (Wildman–Crippen LogP) is -0.0326. The van der Waals surface area contributed by atoms with E-state index in [2.05, 4.69) is 0 Å². The lowest BCUT2D eigenvalue weighted by molar-refractivity contribution is -0.119. The Bertz CT molecular complexity index is 134. The highest BCUT2D eigenvalue weighted by atomic mass is 35.5. The highest BCUT2D eigenvalue weighted by molar-refractivity contribution is 6.27. The summed E-state index contributed by atoms with van der Waals surface area (Å²) in [7, 11) is 0. The van der Waals surface area contributed by atoms with Crippen molar-refractivity contribution in [3.05, 3.63) is 0 Å². The molecule has 2 N–H and O–H groups in total. The Morgan fingerprint density at radius 3 is 2.55 bits per heavy atom. The van der Waals surface area contributed by atoms with Crippen molar-refractivity contribution >= 4 is 17.5 Å². The van der Waals surface area contributed by atoms with E-state index in [1.165, 1.54) is 0 Å². The summed E-state index contributed by atoms with van der Waals surface area (Å²) in [6.07, 6.45) is -4.66. The second-order valence-electron chi connectivity index (χ2n) is 1.84. The molecule has 0 fully saturated rings. The van der Waals surface area contributed by atoms with Gasteiger partial charge in [-0.3, -0.25) is 4.79 Å². The first kappa shape index (κ1) is 10.6. The number of hydrogen-bond donors (Lipinski definition) is 2. The van der Waals surface area contributed by atoms with E-state index in [1.54, 1.807) is 0 Å². The summed E-state index contributed by atoms with van der Waals surface area (Å²) >= 11 is 5.03. The lowest BCUT2D eigenvalue weighted by atomic mass is 10.4. The molecule has 0 saturated carbocycles. The third-order valence-corrected chi connectivity index (χ3v) is 1.16. The van der Waals surface area contributed by atoms with Crippen LogP contribution in [0.15, 0.2) is 0 Å². The molecule has 1 unspecified atom stereocenters. The molecule has 66 valence electrons. The summed E-state index contributed by atoms with van der Waals surface area (Å²) in [5.41, 5.74) is 0. The summed E-state index contributed by atoms with van der Waals surface area (Å²) < 4.78 is 23.1. The molecule has 0 aliphatic carbocycles. The third kappa shape index (κ3) is 4.92. The summed E-state index contributed by atoms with van der Waals surface area (Å²) in [4.78, 5) is 10.3. The average Bonchev–Trinajstić information content (AvgIpc) is 1.99. The molecule has 1 amide bonds. The highest BCUT2D eigenvalue weighted by Gasteiger charge is 2.16. The SMILES string of the molecule is O=C(CCl)NCC(O)C(F)F. The van der Waals surface area contributed by atoms with Gasteiger partial charge in [0.1, 0.15) is 12.0 Å². The first-order valence-corrected chi connectivity index (χ1v) is 3.40. The number of aliphatic hydroxyl groups excluding tert-OH is 1. The molecule has 0 saturated heterocycles. The Morgan fingerprint density at radius 1 is 1.64 bits per heavy atom. The zero-order chi connectivity index (χ0) is 8.85. The van der Waals surface area contributed by atoms with Crippen LogP contribution in [0, 0.1) is 0 Å². The molecular formula is C5H8ClF2NO2. The molecule has 0 bridgehead atoms. The molecule has 0 radical (unpaired) electrons. The Balaban J connectivity index is 3.45. The summed E-state index contributed by atoms with van der Waals surface area (Å²) in [6.45, 7) is -0.469. The standard InChI is InChI=1S/C5H8ClF2NO2/c6-1-4(11)9-2-3(10)5(7)8/h3,5,10H,1-2H2,(H,9,11). The molecule has 0 heterocycles. The van der Waals surface area contributed by atoms with E-state index in [0.29, 0.717) is 0 Å². The van der Waals surface area contributed by atoms with Crippen LogP contribution < -0.4 is 5.32 Å². The van der Waals surface area contributed by atoms with Crippen LogP contribution in [0.25, 0.3) is 0 Å². The van der Waals surface area contributed by atoms with Crippen molar-refractivity contribution in [1.29, 1.82) is 0 Å². The lowest BCUT2D eigenvalue weighted by Crippen LogP contribution is -2.36. The van der Waals surface area contributed by atoms with E-state index in [9.17, 15) is 13.6 Å². The van der Waals surface area contributed by atoms with Gasteiger partial charge in [0.15, 0.2) is 0 Å². The van der Waals surface area contributed by atoms with Gasteiger partial charge >= 0.3 is 0 Å². The van der Waals surface area contributed by atoms with Gasteiger partial charge in [-0.05, 0) is 0 Å². The first-order valence-electron chi connectivity index (χ1n) is 2.86. The number of alkyl halides is 3. The van der Waals surface area contributed by atoms with Gasteiger partial charge in [0.2, 0.25) is 5.91 Å². The van der Waals surface area contributed by atoms with Crippen molar-refractivity contribution in [2.45, 2.75) is 12.5 Å². The van der Waals surface area contributed by atoms with Crippen LogP contribution >= 0.6 is 11.6 Å². The topological polar surface area (TPSA) is 49.3 Å². The van der Waals surface area contributed by atoms with E-state index in [-0.39, 0.29) is 5.88 Å². The van der Waals surface area contributed by atoms with Gasteiger partial charge in [-0.1, -0.05) is 0 Å². The van der Waals surface area contributed by atoms with E-state index in [1.807, 2.05) is 5.32 Å². The quantitative estimate of drug-likeness (QED) is 0.608. The van der Waals surface area contributed by atoms with Gasteiger partial charge in [-0.25, -0.2) is 8.78 Å². The Morgan fingerprint density at radius 2 is 2.18 bits per heavy atom. The van der Waals surface area contributed by atoms with Gasteiger partial charge in [-0.15, -0.1) is 11.6 Å². The van der Waals surface area contributed by atoms with Gasteiger partial charge in [0.25, 0.3) is 6.43 Å². The monoisotopic (exact) mass is 187 g/mol. The summed E-state index contributed by atoms with van der Waals surface area (Å²) in [6, 6.07) is 0. The van der Waals surface area contributed by atoms with Crippen molar-refractivity contribution < 1.29 is 18.7 Å². The lowest BCUT2D eigenvalue weighted by Gasteiger charge is -2.08. The number of nitrogens with one attached hydrogen (secondary N) is 1. The van der Waals surface area contributed by atoms with Gasteiger partial charge in [0, 0.05) is 6.54 Å². The minimum Gasteiger partial charge on any atom is -0.385 e. The molecular weight excluding hydrogens is 180 g/mol. The molecule has 3 nitrogen and oxygen atoms in total. The number of rotatable bonds is 4. The summed E-state index contributed by atoms with van der Waals surface area (Å²) in [5.74, 6) is -0.873. The van der Waals surface area contributed by atoms with Crippen LogP contribution in [-0.2, 0) is 4.79 Å². The van der Waals surface area contributed by atoms with E-state index in [0.717, 1.165) is 0 Å². The van der Waals surface area contributed by atoms with Crippen LogP contribution in [-0.4, -0.2) is 36.0 Å². The highest BCUT2D eigenvalue weighted by Crippen LogP contribution is 1.98. The maximum atomic E-state index is 11.5. The molecule has 0 aliphatic rings. The van der Waals surface area contributed by atoms with E-state index >= 15 is 0 Å². The Hall–Kier alpha value is -0.420. The first-order chi connectivity index (χ1) is 5.07. The molecule has 6 heteroatoms. The van der Waals surface area contributed by atoms with Crippen molar-refractivity contribution in [3.63, 3.8) is 0 Å². The van der Waals surface area contributed by atoms with Crippen LogP contribution in [0.4, 0.5) is 8.78 Å². The van der Waals surface area contributed by atoms with Gasteiger partial charge in [-0.2, -0.15) is 0 Å². The normalized spacial score (nSPS) is 13.2. The second kappa shape index (κ2) is 5.26. The van der Waals surface area contributed by atoms with Crippen molar-refractivity contribution in [2.24, 2.45) is 0 Å². The van der Waals surface area contributed by atoms with Gasteiger partial charge < -0.3 is 10.4 Å². The average molecular weight is 188 g/mol. The van der Waals surface area contributed by atoms with Crippen LogP contribution in [0.5, 0.6) is 0 Å². The number of hydrogen-bond acceptors (Lipinski definition) is 2. The minimum atomic E-state index is -2.84. The van der Waals surface area contributed by atoms with Crippen LogP contribution in [0.2, 0.25) is 0 Å². The van der Waals surface area contributed by atoms with E-state index < -0.39 is 25.0 Å². The summed E-state index contributed by atoms with van der Waals surface area (Å²) in [5, 5.41) is 10.5. The van der Waals surface area contributed by atoms with E-state index in [4.69, 9.17) is 16.7 Å². The van der Waals surface area contributed by atoms with Crippen molar-refractivity contribution in [2.75, 3.05) is 12.4 Å². The second-order valence-corrected chi connectivity index (χ2v) is 2.11. The fourth-order valence-corrected chi connectivity index (χ4v) is 0.449. The number of amides is 1. The maximum Gasteiger partial charge on any atom is 0.265 e. The predicted molar refractivity (Wildman–Crippen MR) is 35.7 cm³/mol. The number of aliphatic hydroxyl groups is 1. The molecule has 0 rings (SSSR count). The molecule has 0 aromatic carbocycles. The molecule has 11 heavy (non-hydrogen) atoms. The molecule has 0 aliphatic heterocycles. The largest absolute Gasteiger partial charge is 0.385 e. The molecule has 0 aromatic rings. The van der Waals surface area contributed by atoms with Crippen LogP contribution in [0.1, 0.15) is 0 Å². The fraction of sp³-hybridized carbons (Fsp3) is 0.800.